The molecular formula is C25H29N3O3. The minimum Gasteiger partial charge on any atom is -0.492 e. The quantitative estimate of drug-likeness (QED) is 0.531. The van der Waals surface area contributed by atoms with Crippen LogP contribution >= 0.6 is 0 Å². The normalized spacial score (nSPS) is 16.5. The van der Waals surface area contributed by atoms with Gasteiger partial charge in [0.25, 0.3) is 0 Å². The maximum Gasteiger partial charge on any atom is 0.337 e. The van der Waals surface area contributed by atoms with E-state index in [4.69, 9.17) is 9.47 Å². The van der Waals surface area contributed by atoms with Crippen molar-refractivity contribution in [3.63, 3.8) is 0 Å². The van der Waals surface area contributed by atoms with Crippen LogP contribution in [0.5, 0.6) is 11.5 Å². The molecule has 2 saturated carbocycles. The topological polar surface area (TPSA) is 57.4 Å². The fourth-order valence-electron chi connectivity index (χ4n) is 4.08. The first-order valence-corrected chi connectivity index (χ1v) is 11.3. The summed E-state index contributed by atoms with van der Waals surface area (Å²) >= 11 is 0. The van der Waals surface area contributed by atoms with E-state index in [0.29, 0.717) is 18.8 Å². The number of benzene rings is 2. The molecule has 31 heavy (non-hydrogen) atoms. The van der Waals surface area contributed by atoms with Gasteiger partial charge in [0.2, 0.25) is 0 Å². The van der Waals surface area contributed by atoms with Gasteiger partial charge in [-0.05, 0) is 87.1 Å². The molecule has 5 rings (SSSR count). The third kappa shape index (κ3) is 4.85. The number of hydrogen-bond donors (Lipinski definition) is 1. The molecule has 2 aliphatic carbocycles. The summed E-state index contributed by atoms with van der Waals surface area (Å²) in [5, 5.41) is 3.43. The van der Waals surface area contributed by atoms with Gasteiger partial charge in [0, 0.05) is 25.0 Å². The van der Waals surface area contributed by atoms with Crippen molar-refractivity contribution in [2.75, 3.05) is 13.2 Å². The largest absolute Gasteiger partial charge is 0.492 e. The fourth-order valence-corrected chi connectivity index (χ4v) is 4.08. The third-order valence-electron chi connectivity index (χ3n) is 5.99. The van der Waals surface area contributed by atoms with E-state index < -0.39 is 0 Å². The van der Waals surface area contributed by atoms with Crippen LogP contribution in [0, 0.1) is 0 Å². The van der Waals surface area contributed by atoms with Crippen LogP contribution in [0.3, 0.4) is 0 Å². The zero-order chi connectivity index (χ0) is 21.0. The number of nitrogens with zero attached hydrogens (tertiary/aromatic N) is 2. The van der Waals surface area contributed by atoms with Gasteiger partial charge in [-0.15, -0.1) is 0 Å². The molecule has 1 N–H and O–H groups in total. The van der Waals surface area contributed by atoms with Crippen molar-refractivity contribution >= 4 is 0 Å². The molecule has 2 aliphatic rings. The van der Waals surface area contributed by atoms with Crippen LogP contribution < -0.4 is 20.5 Å². The SMILES string of the molecule is O=c1n(-c2ccc(OCCNC3CC3)cc2)ccn1-c1ccc(OC2CCCC2)cc1. The summed E-state index contributed by atoms with van der Waals surface area (Å²) < 4.78 is 15.1. The van der Waals surface area contributed by atoms with Crippen LogP contribution in [0.25, 0.3) is 11.4 Å². The molecule has 0 saturated heterocycles. The average Bonchev–Trinajstić information content (AvgIpc) is 3.33. The Morgan fingerprint density at radius 3 is 1.97 bits per heavy atom. The van der Waals surface area contributed by atoms with Gasteiger partial charge in [-0.1, -0.05) is 0 Å². The van der Waals surface area contributed by atoms with Crippen LogP contribution in [-0.4, -0.2) is 34.4 Å². The van der Waals surface area contributed by atoms with Gasteiger partial charge in [0.1, 0.15) is 18.1 Å². The van der Waals surface area contributed by atoms with Gasteiger partial charge in [0.15, 0.2) is 0 Å². The van der Waals surface area contributed by atoms with Crippen LogP contribution in [-0.2, 0) is 0 Å². The van der Waals surface area contributed by atoms with Crippen LogP contribution in [0.2, 0.25) is 0 Å². The predicted octanol–water partition coefficient (Wildman–Crippen LogP) is 4.08. The first-order valence-electron chi connectivity index (χ1n) is 11.3. The van der Waals surface area contributed by atoms with Gasteiger partial charge in [0.05, 0.1) is 17.5 Å². The second-order valence-corrected chi connectivity index (χ2v) is 8.41. The minimum atomic E-state index is -0.105. The van der Waals surface area contributed by atoms with Crippen molar-refractivity contribution in [3.8, 4) is 22.9 Å². The molecule has 162 valence electrons. The molecule has 0 amide bonds. The molecule has 1 aromatic heterocycles. The summed E-state index contributed by atoms with van der Waals surface area (Å²) in [7, 11) is 0. The summed E-state index contributed by atoms with van der Waals surface area (Å²) in [5.41, 5.74) is 1.53. The highest BCUT2D eigenvalue weighted by Crippen LogP contribution is 2.25. The molecule has 2 fully saturated rings. The van der Waals surface area contributed by atoms with Crippen molar-refractivity contribution in [1.29, 1.82) is 0 Å². The maximum absolute atomic E-state index is 13.0. The Balaban J connectivity index is 1.23. The molecular weight excluding hydrogens is 390 g/mol. The highest BCUT2D eigenvalue weighted by molar-refractivity contribution is 5.40. The van der Waals surface area contributed by atoms with E-state index in [-0.39, 0.29) is 5.69 Å². The van der Waals surface area contributed by atoms with Crippen LogP contribution in [0.4, 0.5) is 0 Å². The molecule has 2 aromatic carbocycles. The molecule has 0 unspecified atom stereocenters. The Morgan fingerprint density at radius 1 is 0.806 bits per heavy atom. The highest BCUT2D eigenvalue weighted by atomic mass is 16.5. The zero-order valence-electron chi connectivity index (χ0n) is 17.7. The smallest absolute Gasteiger partial charge is 0.337 e. The average molecular weight is 420 g/mol. The maximum atomic E-state index is 13.0. The minimum absolute atomic E-state index is 0.105. The third-order valence-corrected chi connectivity index (χ3v) is 5.99. The van der Waals surface area contributed by atoms with Gasteiger partial charge < -0.3 is 14.8 Å². The summed E-state index contributed by atoms with van der Waals surface area (Å²) in [5.74, 6) is 1.68. The van der Waals surface area contributed by atoms with Crippen molar-refractivity contribution in [2.24, 2.45) is 0 Å². The van der Waals surface area contributed by atoms with E-state index in [1.807, 2.05) is 48.5 Å². The molecule has 0 radical (unpaired) electrons. The van der Waals surface area contributed by atoms with Gasteiger partial charge in [-0.2, -0.15) is 0 Å². The fraction of sp³-hybridized carbons (Fsp3) is 0.400. The standard InChI is InChI=1S/C25H29N3O3/c29-25-27(20-7-11-22(12-8-20)30-18-15-26-19-5-6-19)16-17-28(25)21-9-13-24(14-10-21)31-23-3-1-2-4-23/h7-14,16-17,19,23,26H,1-6,15,18H2. The molecule has 6 nitrogen and oxygen atoms in total. The summed E-state index contributed by atoms with van der Waals surface area (Å²) in [6, 6.07) is 16.1. The van der Waals surface area contributed by atoms with E-state index in [1.165, 1.54) is 25.7 Å². The summed E-state index contributed by atoms with van der Waals surface area (Å²) in [6.45, 7) is 1.51. The lowest BCUT2D eigenvalue weighted by Gasteiger charge is -2.13. The van der Waals surface area contributed by atoms with Crippen molar-refractivity contribution in [2.45, 2.75) is 50.7 Å². The van der Waals surface area contributed by atoms with Gasteiger partial charge in [-0.25, -0.2) is 4.79 Å². The van der Waals surface area contributed by atoms with Crippen molar-refractivity contribution < 1.29 is 9.47 Å². The second-order valence-electron chi connectivity index (χ2n) is 8.41. The lowest BCUT2D eigenvalue weighted by molar-refractivity contribution is 0.210. The monoisotopic (exact) mass is 419 g/mol. The molecule has 0 aliphatic heterocycles. The second kappa shape index (κ2) is 9.02. The van der Waals surface area contributed by atoms with Crippen molar-refractivity contribution in [3.05, 3.63) is 71.4 Å². The van der Waals surface area contributed by atoms with E-state index >= 15 is 0 Å². The van der Waals surface area contributed by atoms with E-state index in [0.717, 1.165) is 42.3 Å². The van der Waals surface area contributed by atoms with E-state index in [9.17, 15) is 4.79 Å². The number of hydrogen-bond acceptors (Lipinski definition) is 4. The summed E-state index contributed by atoms with van der Waals surface area (Å²) in [6.07, 6.45) is 11.2. The Kier molecular flexibility index (Phi) is 5.80. The van der Waals surface area contributed by atoms with Crippen LogP contribution in [0.1, 0.15) is 38.5 Å². The Morgan fingerprint density at radius 2 is 1.39 bits per heavy atom. The first kappa shape index (κ1) is 19.9. The van der Waals surface area contributed by atoms with Crippen molar-refractivity contribution in [1.82, 2.24) is 14.5 Å². The number of nitrogens with one attached hydrogen (secondary N) is 1. The van der Waals surface area contributed by atoms with Gasteiger partial charge in [-0.3, -0.25) is 9.13 Å². The molecule has 0 atom stereocenters. The number of ether oxygens (including phenoxy) is 2. The lowest BCUT2D eigenvalue weighted by Crippen LogP contribution is -2.23. The number of rotatable bonds is 9. The Hall–Kier alpha value is -2.99. The molecule has 1 heterocycles. The molecule has 0 bridgehead atoms. The van der Waals surface area contributed by atoms with Crippen LogP contribution in [0.15, 0.2) is 65.7 Å². The lowest BCUT2D eigenvalue weighted by atomic mass is 10.2. The van der Waals surface area contributed by atoms with E-state index in [1.54, 1.807) is 21.5 Å². The predicted molar refractivity (Wildman–Crippen MR) is 121 cm³/mol. The Bertz CT molecular complexity index is 1040. The Labute approximate surface area is 182 Å². The van der Waals surface area contributed by atoms with E-state index in [2.05, 4.69) is 5.32 Å². The first-order chi connectivity index (χ1) is 15.3. The molecule has 3 aromatic rings. The number of aromatic nitrogens is 2. The molecule has 6 heteroatoms. The molecule has 0 spiro atoms. The highest BCUT2D eigenvalue weighted by Gasteiger charge is 2.19. The summed E-state index contributed by atoms with van der Waals surface area (Å²) in [4.78, 5) is 13.0. The zero-order valence-corrected chi connectivity index (χ0v) is 17.7. The van der Waals surface area contributed by atoms with Gasteiger partial charge >= 0.3 is 5.69 Å². The number of imidazole rings is 1.